The van der Waals surface area contributed by atoms with Crippen molar-refractivity contribution in [2.24, 2.45) is 5.73 Å². The van der Waals surface area contributed by atoms with E-state index in [4.69, 9.17) is 10.8 Å². The molecule has 0 spiro atoms. The van der Waals surface area contributed by atoms with E-state index < -0.39 is 55.0 Å². The van der Waals surface area contributed by atoms with Crippen molar-refractivity contribution in [2.45, 2.75) is 31.5 Å². The highest BCUT2D eigenvalue weighted by Gasteiger charge is 2.24. The van der Waals surface area contributed by atoms with E-state index in [1.54, 1.807) is 0 Å². The molecule has 3 unspecified atom stereocenters. The summed E-state index contributed by atoms with van der Waals surface area (Å²) in [6.07, 6.45) is 0.295. The molecule has 27 heavy (non-hydrogen) atoms. The minimum absolute atomic E-state index is 0.295. The van der Waals surface area contributed by atoms with Crippen molar-refractivity contribution in [3.05, 3.63) is 35.9 Å². The number of nitrogens with two attached hydrogens (primary N) is 1. The highest BCUT2D eigenvalue weighted by molar-refractivity contribution is 5.92. The van der Waals surface area contributed by atoms with Crippen LogP contribution in [-0.2, 0) is 25.6 Å². The number of rotatable bonds is 10. The second kappa shape index (κ2) is 10.9. The maximum Gasteiger partial charge on any atom is 0.325 e. The van der Waals surface area contributed by atoms with Gasteiger partial charge in [0.05, 0.1) is 19.2 Å². The van der Waals surface area contributed by atoms with E-state index in [2.05, 4.69) is 16.0 Å². The Bertz CT molecular complexity index is 667. The van der Waals surface area contributed by atoms with Crippen LogP contribution >= 0.6 is 0 Å². The van der Waals surface area contributed by atoms with E-state index in [1.807, 2.05) is 30.3 Å². The molecule has 3 amide bonds. The summed E-state index contributed by atoms with van der Waals surface area (Å²) >= 11 is 0. The fraction of sp³-hybridized carbons (Fsp3) is 0.412. The molecule has 10 heteroatoms. The third-order valence-electron chi connectivity index (χ3n) is 3.62. The number of aliphatic hydroxyl groups is 1. The summed E-state index contributed by atoms with van der Waals surface area (Å²) < 4.78 is 0. The van der Waals surface area contributed by atoms with E-state index in [0.29, 0.717) is 6.42 Å². The lowest BCUT2D eigenvalue weighted by Crippen LogP contribution is -2.54. The first kappa shape index (κ1) is 22.1. The number of hydrogen-bond donors (Lipinski definition) is 6. The zero-order valence-electron chi connectivity index (χ0n) is 14.8. The maximum atomic E-state index is 12.0. The van der Waals surface area contributed by atoms with Gasteiger partial charge in [0.25, 0.3) is 0 Å². The molecule has 0 fully saturated rings. The summed E-state index contributed by atoms with van der Waals surface area (Å²) in [6, 6.07) is 5.74. The van der Waals surface area contributed by atoms with Gasteiger partial charge in [0.2, 0.25) is 17.7 Å². The van der Waals surface area contributed by atoms with Crippen LogP contribution in [0.3, 0.4) is 0 Å². The van der Waals surface area contributed by atoms with Crippen molar-refractivity contribution in [2.75, 3.05) is 13.2 Å². The average Bonchev–Trinajstić information content (AvgIpc) is 2.64. The van der Waals surface area contributed by atoms with Gasteiger partial charge in [-0.3, -0.25) is 19.2 Å². The highest BCUT2D eigenvalue weighted by atomic mass is 16.4. The number of aliphatic hydroxyl groups excluding tert-OH is 1. The first-order chi connectivity index (χ1) is 12.7. The lowest BCUT2D eigenvalue weighted by molar-refractivity contribution is -0.142. The molecule has 1 rings (SSSR count). The average molecular weight is 380 g/mol. The molecule has 0 heterocycles. The Morgan fingerprint density at radius 1 is 1.07 bits per heavy atom. The largest absolute Gasteiger partial charge is 0.480 e. The number of nitrogens with one attached hydrogen (secondary N) is 3. The predicted molar refractivity (Wildman–Crippen MR) is 95.4 cm³/mol. The normalized spacial score (nSPS) is 13.7. The smallest absolute Gasteiger partial charge is 0.325 e. The standard InChI is InChI=1S/C17H24N4O6/c1-10(17(26)27)20-16(25)13(9-22)21-14(23)8-19-15(24)12(18)7-11-5-3-2-4-6-11/h2-6,10,12-13,22H,7-9,18H2,1H3,(H,19,24)(H,20,25)(H,21,23)(H,26,27). The van der Waals surface area contributed by atoms with Gasteiger partial charge in [-0.25, -0.2) is 0 Å². The van der Waals surface area contributed by atoms with Gasteiger partial charge < -0.3 is 31.9 Å². The number of carboxylic acids is 1. The number of benzene rings is 1. The van der Waals surface area contributed by atoms with Crippen molar-refractivity contribution in [1.82, 2.24) is 16.0 Å². The van der Waals surface area contributed by atoms with Gasteiger partial charge in [0, 0.05) is 0 Å². The molecular weight excluding hydrogens is 356 g/mol. The van der Waals surface area contributed by atoms with E-state index in [-0.39, 0.29) is 0 Å². The van der Waals surface area contributed by atoms with Crippen LogP contribution in [-0.4, -0.2) is 65.2 Å². The van der Waals surface area contributed by atoms with Crippen LogP contribution in [0.4, 0.5) is 0 Å². The summed E-state index contributed by atoms with van der Waals surface area (Å²) in [7, 11) is 0. The molecule has 0 aromatic heterocycles. The lowest BCUT2D eigenvalue weighted by atomic mass is 10.1. The molecule has 0 radical (unpaired) electrons. The van der Waals surface area contributed by atoms with E-state index >= 15 is 0 Å². The number of carbonyl (C=O) groups excluding carboxylic acids is 3. The molecule has 0 aliphatic rings. The summed E-state index contributed by atoms with van der Waals surface area (Å²) in [5, 5.41) is 24.6. The van der Waals surface area contributed by atoms with Gasteiger partial charge >= 0.3 is 5.97 Å². The molecular formula is C17H24N4O6. The SMILES string of the molecule is CC(NC(=O)C(CO)NC(=O)CNC(=O)C(N)Cc1ccccc1)C(=O)O. The van der Waals surface area contributed by atoms with Crippen molar-refractivity contribution < 1.29 is 29.4 Å². The second-order valence-corrected chi connectivity index (χ2v) is 5.89. The third-order valence-corrected chi connectivity index (χ3v) is 3.62. The fourth-order valence-electron chi connectivity index (χ4n) is 2.07. The van der Waals surface area contributed by atoms with Crippen LogP contribution in [0, 0.1) is 0 Å². The van der Waals surface area contributed by atoms with Crippen molar-refractivity contribution in [1.29, 1.82) is 0 Å². The first-order valence-corrected chi connectivity index (χ1v) is 8.25. The Morgan fingerprint density at radius 2 is 1.70 bits per heavy atom. The summed E-state index contributed by atoms with van der Waals surface area (Å²) in [5.74, 6) is -3.38. The van der Waals surface area contributed by atoms with E-state index in [0.717, 1.165) is 5.56 Å². The van der Waals surface area contributed by atoms with Crippen LogP contribution in [0.5, 0.6) is 0 Å². The number of carbonyl (C=O) groups is 4. The minimum Gasteiger partial charge on any atom is -0.480 e. The quantitative estimate of drug-likeness (QED) is 0.266. The molecule has 0 aliphatic carbocycles. The van der Waals surface area contributed by atoms with Gasteiger partial charge in [0.15, 0.2) is 0 Å². The van der Waals surface area contributed by atoms with E-state index in [9.17, 15) is 24.3 Å². The van der Waals surface area contributed by atoms with Crippen LogP contribution in [0.25, 0.3) is 0 Å². The maximum absolute atomic E-state index is 12.0. The molecule has 148 valence electrons. The van der Waals surface area contributed by atoms with Gasteiger partial charge in [-0.15, -0.1) is 0 Å². The number of aliphatic carboxylic acids is 1. The zero-order chi connectivity index (χ0) is 20.4. The summed E-state index contributed by atoms with van der Waals surface area (Å²) in [6.45, 7) is 0.0653. The van der Waals surface area contributed by atoms with E-state index in [1.165, 1.54) is 6.92 Å². The van der Waals surface area contributed by atoms with Gasteiger partial charge in [-0.1, -0.05) is 30.3 Å². The molecule has 1 aromatic carbocycles. The Kier molecular flexibility index (Phi) is 8.90. The molecule has 0 aliphatic heterocycles. The van der Waals surface area contributed by atoms with Crippen LogP contribution in [0.15, 0.2) is 30.3 Å². The third kappa shape index (κ3) is 7.84. The van der Waals surface area contributed by atoms with Gasteiger partial charge in [-0.2, -0.15) is 0 Å². The second-order valence-electron chi connectivity index (χ2n) is 5.89. The Morgan fingerprint density at radius 3 is 2.26 bits per heavy atom. The Labute approximate surface area is 156 Å². The van der Waals surface area contributed by atoms with Crippen LogP contribution in [0.1, 0.15) is 12.5 Å². The topological polar surface area (TPSA) is 171 Å². The number of hydrogen-bond acceptors (Lipinski definition) is 6. The lowest BCUT2D eigenvalue weighted by Gasteiger charge is -2.18. The number of carboxylic acid groups (broad SMARTS) is 1. The molecule has 1 aromatic rings. The fourth-order valence-corrected chi connectivity index (χ4v) is 2.07. The van der Waals surface area contributed by atoms with Crippen LogP contribution < -0.4 is 21.7 Å². The number of amides is 3. The molecule has 0 bridgehead atoms. The predicted octanol–water partition coefficient (Wildman–Crippen LogP) is -2.26. The molecule has 0 saturated carbocycles. The molecule has 3 atom stereocenters. The summed E-state index contributed by atoms with van der Waals surface area (Å²) in [4.78, 5) is 46.3. The van der Waals surface area contributed by atoms with Crippen molar-refractivity contribution in [3.8, 4) is 0 Å². The van der Waals surface area contributed by atoms with Gasteiger partial charge in [-0.05, 0) is 18.9 Å². The van der Waals surface area contributed by atoms with Crippen LogP contribution in [0.2, 0.25) is 0 Å². The summed E-state index contributed by atoms with van der Waals surface area (Å²) in [5.41, 5.74) is 6.66. The van der Waals surface area contributed by atoms with Gasteiger partial charge in [0.1, 0.15) is 12.1 Å². The monoisotopic (exact) mass is 380 g/mol. The zero-order valence-corrected chi connectivity index (χ0v) is 14.8. The Hall–Kier alpha value is -2.98. The first-order valence-electron chi connectivity index (χ1n) is 8.25. The van der Waals surface area contributed by atoms with Crippen molar-refractivity contribution in [3.63, 3.8) is 0 Å². The van der Waals surface area contributed by atoms with Crippen molar-refractivity contribution >= 4 is 23.7 Å². The molecule has 10 nitrogen and oxygen atoms in total. The highest BCUT2D eigenvalue weighted by Crippen LogP contribution is 2.01. The molecule has 7 N–H and O–H groups in total. The Balaban J connectivity index is 2.44. The molecule has 0 saturated heterocycles. The minimum atomic E-state index is -1.34.